The number of aromatic nitrogens is 3. The standard InChI is InChI=1S/C12H15N5O2/c1-17-7-15-16-10(17)6-14-11-8(12(18)19-2)4-3-5-9(11)13/h3-5,7,14H,6,13H2,1-2H3. The van der Waals surface area contributed by atoms with E-state index in [9.17, 15) is 4.79 Å². The summed E-state index contributed by atoms with van der Waals surface area (Å²) in [6, 6.07) is 5.07. The molecule has 0 aliphatic carbocycles. The van der Waals surface area contributed by atoms with Crippen molar-refractivity contribution < 1.29 is 9.53 Å². The summed E-state index contributed by atoms with van der Waals surface area (Å²) in [4.78, 5) is 11.7. The lowest BCUT2D eigenvalue weighted by atomic mass is 10.1. The van der Waals surface area contributed by atoms with Gasteiger partial charge in [0.1, 0.15) is 6.33 Å². The zero-order valence-electron chi connectivity index (χ0n) is 10.8. The van der Waals surface area contributed by atoms with Gasteiger partial charge in [-0.05, 0) is 12.1 Å². The van der Waals surface area contributed by atoms with E-state index in [-0.39, 0.29) is 0 Å². The molecular weight excluding hydrogens is 246 g/mol. The van der Waals surface area contributed by atoms with Crippen molar-refractivity contribution in [1.29, 1.82) is 0 Å². The number of hydrogen-bond donors (Lipinski definition) is 2. The molecule has 0 atom stereocenters. The van der Waals surface area contributed by atoms with Gasteiger partial charge in [-0.1, -0.05) is 6.07 Å². The van der Waals surface area contributed by atoms with Gasteiger partial charge in [-0.3, -0.25) is 0 Å². The van der Waals surface area contributed by atoms with E-state index < -0.39 is 5.97 Å². The van der Waals surface area contributed by atoms with Crippen molar-refractivity contribution >= 4 is 17.3 Å². The average Bonchev–Trinajstić information content (AvgIpc) is 2.82. The quantitative estimate of drug-likeness (QED) is 0.624. The van der Waals surface area contributed by atoms with Crippen LogP contribution in [0.4, 0.5) is 11.4 Å². The molecule has 0 saturated carbocycles. The minimum atomic E-state index is -0.437. The molecule has 7 nitrogen and oxygen atoms in total. The minimum Gasteiger partial charge on any atom is -0.465 e. The number of ether oxygens (including phenoxy) is 1. The largest absolute Gasteiger partial charge is 0.465 e. The lowest BCUT2D eigenvalue weighted by Gasteiger charge is -2.12. The maximum atomic E-state index is 11.7. The summed E-state index contributed by atoms with van der Waals surface area (Å²) in [7, 11) is 3.17. The number of rotatable bonds is 4. The highest BCUT2D eigenvalue weighted by Gasteiger charge is 2.14. The Kier molecular flexibility index (Phi) is 3.65. The number of anilines is 2. The van der Waals surface area contributed by atoms with Crippen LogP contribution < -0.4 is 11.1 Å². The molecule has 0 aliphatic heterocycles. The molecule has 19 heavy (non-hydrogen) atoms. The fraction of sp³-hybridized carbons (Fsp3) is 0.250. The molecule has 100 valence electrons. The number of nitrogens with two attached hydrogens (primary N) is 1. The molecule has 2 aromatic rings. The highest BCUT2D eigenvalue weighted by molar-refractivity contribution is 5.98. The summed E-state index contributed by atoms with van der Waals surface area (Å²) in [5.74, 6) is 0.298. The van der Waals surface area contributed by atoms with Crippen molar-refractivity contribution in [3.05, 3.63) is 35.9 Å². The van der Waals surface area contributed by atoms with Crippen molar-refractivity contribution in [1.82, 2.24) is 14.8 Å². The van der Waals surface area contributed by atoms with E-state index in [1.54, 1.807) is 29.1 Å². The number of nitrogen functional groups attached to an aromatic ring is 1. The van der Waals surface area contributed by atoms with Crippen LogP contribution in [-0.4, -0.2) is 27.8 Å². The van der Waals surface area contributed by atoms with Crippen LogP contribution in [0.15, 0.2) is 24.5 Å². The van der Waals surface area contributed by atoms with Gasteiger partial charge in [0, 0.05) is 7.05 Å². The molecule has 1 aromatic heterocycles. The summed E-state index contributed by atoms with van der Waals surface area (Å²) in [6.45, 7) is 0.411. The van der Waals surface area contributed by atoms with E-state index in [0.29, 0.717) is 23.5 Å². The van der Waals surface area contributed by atoms with E-state index in [1.807, 2.05) is 7.05 Å². The lowest BCUT2D eigenvalue weighted by molar-refractivity contribution is 0.0602. The molecular formula is C12H15N5O2. The topological polar surface area (TPSA) is 95.1 Å². The van der Waals surface area contributed by atoms with E-state index in [4.69, 9.17) is 10.5 Å². The maximum absolute atomic E-state index is 11.7. The zero-order valence-corrected chi connectivity index (χ0v) is 10.8. The normalized spacial score (nSPS) is 10.2. The molecule has 3 N–H and O–H groups in total. The first-order valence-corrected chi connectivity index (χ1v) is 5.67. The van der Waals surface area contributed by atoms with Gasteiger partial charge >= 0.3 is 5.97 Å². The molecule has 0 unspecified atom stereocenters. The highest BCUT2D eigenvalue weighted by Crippen LogP contribution is 2.24. The Morgan fingerprint density at radius 2 is 2.32 bits per heavy atom. The van der Waals surface area contributed by atoms with E-state index in [0.717, 1.165) is 5.82 Å². The summed E-state index contributed by atoms with van der Waals surface area (Å²) in [6.07, 6.45) is 1.60. The highest BCUT2D eigenvalue weighted by atomic mass is 16.5. The number of carbonyl (C=O) groups is 1. The first-order valence-electron chi connectivity index (χ1n) is 5.67. The van der Waals surface area contributed by atoms with Crippen molar-refractivity contribution in [2.45, 2.75) is 6.54 Å². The Hall–Kier alpha value is -2.57. The third-order valence-electron chi connectivity index (χ3n) is 2.73. The first-order chi connectivity index (χ1) is 9.13. The predicted octanol–water partition coefficient (Wildman–Crippen LogP) is 0.796. The lowest BCUT2D eigenvalue weighted by Crippen LogP contribution is -2.12. The second kappa shape index (κ2) is 5.38. The minimum absolute atomic E-state index is 0.393. The van der Waals surface area contributed by atoms with Crippen LogP contribution >= 0.6 is 0 Å². The monoisotopic (exact) mass is 261 g/mol. The molecule has 0 bridgehead atoms. The zero-order chi connectivity index (χ0) is 13.8. The number of benzene rings is 1. The predicted molar refractivity (Wildman–Crippen MR) is 70.5 cm³/mol. The summed E-state index contributed by atoms with van der Waals surface area (Å²) in [5.41, 5.74) is 7.29. The van der Waals surface area contributed by atoms with Gasteiger partial charge in [0.2, 0.25) is 0 Å². The molecule has 0 fully saturated rings. The second-order valence-electron chi connectivity index (χ2n) is 3.97. The number of aryl methyl sites for hydroxylation is 1. The number of esters is 1. The Morgan fingerprint density at radius 3 is 2.95 bits per heavy atom. The van der Waals surface area contributed by atoms with Crippen molar-refractivity contribution in [2.75, 3.05) is 18.2 Å². The van der Waals surface area contributed by atoms with E-state index in [2.05, 4.69) is 15.5 Å². The Bertz CT molecular complexity index is 594. The third-order valence-corrected chi connectivity index (χ3v) is 2.73. The number of nitrogens with zero attached hydrogens (tertiary/aromatic N) is 3. The molecule has 1 heterocycles. The Morgan fingerprint density at radius 1 is 1.53 bits per heavy atom. The van der Waals surface area contributed by atoms with Crippen LogP contribution in [0, 0.1) is 0 Å². The van der Waals surface area contributed by atoms with Crippen molar-refractivity contribution in [2.24, 2.45) is 7.05 Å². The molecule has 0 aliphatic rings. The van der Waals surface area contributed by atoms with Gasteiger partial charge in [-0.15, -0.1) is 10.2 Å². The van der Waals surface area contributed by atoms with Crippen LogP contribution in [0.5, 0.6) is 0 Å². The second-order valence-corrected chi connectivity index (χ2v) is 3.97. The number of carbonyl (C=O) groups excluding carboxylic acids is 1. The fourth-order valence-electron chi connectivity index (χ4n) is 1.68. The smallest absolute Gasteiger partial charge is 0.340 e. The van der Waals surface area contributed by atoms with Crippen LogP contribution in [0.3, 0.4) is 0 Å². The molecule has 0 saturated heterocycles. The number of para-hydroxylation sites is 1. The van der Waals surface area contributed by atoms with Crippen molar-refractivity contribution in [3.63, 3.8) is 0 Å². The van der Waals surface area contributed by atoms with Crippen LogP contribution in [0.1, 0.15) is 16.2 Å². The number of methoxy groups -OCH3 is 1. The molecule has 0 spiro atoms. The van der Waals surface area contributed by atoms with E-state index in [1.165, 1.54) is 7.11 Å². The van der Waals surface area contributed by atoms with Gasteiger partial charge in [0.25, 0.3) is 0 Å². The molecule has 7 heteroatoms. The van der Waals surface area contributed by atoms with Crippen LogP contribution in [0.2, 0.25) is 0 Å². The van der Waals surface area contributed by atoms with Gasteiger partial charge in [0.15, 0.2) is 5.82 Å². The summed E-state index contributed by atoms with van der Waals surface area (Å²) in [5, 5.41) is 10.8. The van der Waals surface area contributed by atoms with Crippen LogP contribution in [-0.2, 0) is 18.3 Å². The average molecular weight is 261 g/mol. The third kappa shape index (κ3) is 2.65. The van der Waals surface area contributed by atoms with Gasteiger partial charge in [-0.2, -0.15) is 0 Å². The van der Waals surface area contributed by atoms with Gasteiger partial charge in [0.05, 0.1) is 30.6 Å². The summed E-state index contributed by atoms with van der Waals surface area (Å²) >= 11 is 0. The number of hydrogen-bond acceptors (Lipinski definition) is 6. The van der Waals surface area contributed by atoms with E-state index >= 15 is 0 Å². The maximum Gasteiger partial charge on any atom is 0.340 e. The first kappa shape index (κ1) is 12.9. The van der Waals surface area contributed by atoms with Gasteiger partial charge < -0.3 is 20.4 Å². The van der Waals surface area contributed by atoms with Crippen LogP contribution in [0.25, 0.3) is 0 Å². The molecule has 0 amide bonds. The summed E-state index contributed by atoms with van der Waals surface area (Å²) < 4.78 is 6.51. The van der Waals surface area contributed by atoms with Gasteiger partial charge in [-0.25, -0.2) is 4.79 Å². The fourth-order valence-corrected chi connectivity index (χ4v) is 1.68. The molecule has 0 radical (unpaired) electrons. The Labute approximate surface area is 110 Å². The number of nitrogens with one attached hydrogen (secondary N) is 1. The molecule has 1 aromatic carbocycles. The SMILES string of the molecule is COC(=O)c1cccc(N)c1NCc1nncn1C. The van der Waals surface area contributed by atoms with Crippen molar-refractivity contribution in [3.8, 4) is 0 Å². The molecule has 2 rings (SSSR count). The Balaban J connectivity index is 2.24.